The van der Waals surface area contributed by atoms with Gasteiger partial charge in [-0.25, -0.2) is 0 Å². The van der Waals surface area contributed by atoms with Gasteiger partial charge in [-0.15, -0.1) is 0 Å². The standard InChI is InChI=1S/C26H47NO2/c1-3-4-5-6-7-8-9-10-11-12-13-14-15-16-17-18-21-27-23-24-19-20-25(28)26(22-24)29-2/h19-20,22,27-28H,3-18,21,23H2,1-2H3. The van der Waals surface area contributed by atoms with Crippen LogP contribution in [0.5, 0.6) is 11.5 Å². The first-order valence-corrected chi connectivity index (χ1v) is 12.3. The Morgan fingerprint density at radius 1 is 0.724 bits per heavy atom. The van der Waals surface area contributed by atoms with Gasteiger partial charge in [0.25, 0.3) is 0 Å². The zero-order valence-corrected chi connectivity index (χ0v) is 19.3. The van der Waals surface area contributed by atoms with Crippen LogP contribution in [0.2, 0.25) is 0 Å². The molecule has 1 aromatic carbocycles. The number of phenols is 1. The van der Waals surface area contributed by atoms with Crippen LogP contribution >= 0.6 is 0 Å². The summed E-state index contributed by atoms with van der Waals surface area (Å²) in [5.74, 6) is 0.751. The van der Waals surface area contributed by atoms with Crippen molar-refractivity contribution in [3.05, 3.63) is 23.8 Å². The molecule has 0 unspecified atom stereocenters. The molecular formula is C26H47NO2. The lowest BCUT2D eigenvalue weighted by atomic mass is 10.0. The van der Waals surface area contributed by atoms with Crippen molar-refractivity contribution in [2.24, 2.45) is 0 Å². The van der Waals surface area contributed by atoms with Crippen LogP contribution in [0.15, 0.2) is 18.2 Å². The van der Waals surface area contributed by atoms with Crippen molar-refractivity contribution < 1.29 is 9.84 Å². The third-order valence-corrected chi connectivity index (χ3v) is 5.78. The van der Waals surface area contributed by atoms with E-state index in [1.165, 1.54) is 103 Å². The van der Waals surface area contributed by atoms with Crippen molar-refractivity contribution in [1.29, 1.82) is 0 Å². The molecule has 2 N–H and O–H groups in total. The molecule has 1 aromatic rings. The Morgan fingerprint density at radius 3 is 1.69 bits per heavy atom. The van der Waals surface area contributed by atoms with Gasteiger partial charge in [0.05, 0.1) is 7.11 Å². The van der Waals surface area contributed by atoms with E-state index in [0.29, 0.717) is 5.75 Å². The minimum absolute atomic E-state index is 0.203. The average Bonchev–Trinajstić information content (AvgIpc) is 2.74. The summed E-state index contributed by atoms with van der Waals surface area (Å²) in [5.41, 5.74) is 1.15. The lowest BCUT2D eigenvalue weighted by Crippen LogP contribution is -2.14. The molecule has 168 valence electrons. The normalized spacial score (nSPS) is 11.1. The number of methoxy groups -OCH3 is 1. The second kappa shape index (κ2) is 18.8. The molecule has 0 heterocycles. The molecule has 0 radical (unpaired) electrons. The number of hydrogen-bond donors (Lipinski definition) is 2. The Balaban J connectivity index is 1.79. The van der Waals surface area contributed by atoms with E-state index in [0.717, 1.165) is 18.7 Å². The summed E-state index contributed by atoms with van der Waals surface area (Å²) < 4.78 is 5.15. The van der Waals surface area contributed by atoms with Gasteiger partial charge in [0.1, 0.15) is 0 Å². The van der Waals surface area contributed by atoms with Crippen LogP contribution in [0.25, 0.3) is 0 Å². The molecular weight excluding hydrogens is 358 g/mol. The fourth-order valence-corrected chi connectivity index (χ4v) is 3.86. The highest BCUT2D eigenvalue weighted by Crippen LogP contribution is 2.26. The van der Waals surface area contributed by atoms with Crippen LogP contribution < -0.4 is 10.1 Å². The van der Waals surface area contributed by atoms with Crippen molar-refractivity contribution in [3.8, 4) is 11.5 Å². The highest BCUT2D eigenvalue weighted by Gasteiger charge is 2.02. The van der Waals surface area contributed by atoms with Gasteiger partial charge >= 0.3 is 0 Å². The fourth-order valence-electron chi connectivity index (χ4n) is 3.86. The Labute approximate surface area is 180 Å². The Morgan fingerprint density at radius 2 is 1.21 bits per heavy atom. The lowest BCUT2D eigenvalue weighted by Gasteiger charge is -2.08. The van der Waals surface area contributed by atoms with Gasteiger partial charge in [0.15, 0.2) is 11.5 Å². The van der Waals surface area contributed by atoms with Crippen molar-refractivity contribution in [2.45, 2.75) is 116 Å². The van der Waals surface area contributed by atoms with Crippen LogP contribution in [0.3, 0.4) is 0 Å². The number of benzene rings is 1. The summed E-state index contributed by atoms with van der Waals surface area (Å²) >= 11 is 0. The van der Waals surface area contributed by atoms with E-state index in [2.05, 4.69) is 12.2 Å². The smallest absolute Gasteiger partial charge is 0.160 e. The van der Waals surface area contributed by atoms with Crippen molar-refractivity contribution in [1.82, 2.24) is 5.32 Å². The van der Waals surface area contributed by atoms with E-state index in [9.17, 15) is 5.11 Å². The summed E-state index contributed by atoms with van der Waals surface area (Å²) in [4.78, 5) is 0. The molecule has 3 heteroatoms. The Bertz CT molecular complexity index is 490. The molecule has 0 amide bonds. The molecule has 0 bridgehead atoms. The summed E-state index contributed by atoms with van der Waals surface area (Å²) in [6.07, 6.45) is 22.5. The van der Waals surface area contributed by atoms with Gasteiger partial charge < -0.3 is 15.2 Å². The molecule has 0 atom stereocenters. The second-order valence-corrected chi connectivity index (χ2v) is 8.49. The van der Waals surface area contributed by atoms with Gasteiger partial charge in [-0.3, -0.25) is 0 Å². The molecule has 0 aliphatic heterocycles. The molecule has 0 aliphatic rings. The Kier molecular flexibility index (Phi) is 16.7. The number of ether oxygens (including phenoxy) is 1. The number of phenolic OH excluding ortho intramolecular Hbond substituents is 1. The molecule has 3 nitrogen and oxygen atoms in total. The summed E-state index contributed by atoms with van der Waals surface area (Å²) in [6, 6.07) is 5.54. The van der Waals surface area contributed by atoms with Gasteiger partial charge in [-0.2, -0.15) is 0 Å². The molecule has 0 spiro atoms. The van der Waals surface area contributed by atoms with E-state index >= 15 is 0 Å². The summed E-state index contributed by atoms with van der Waals surface area (Å²) in [7, 11) is 1.59. The number of nitrogens with one attached hydrogen (secondary N) is 1. The molecule has 0 aliphatic carbocycles. The first-order chi connectivity index (χ1) is 14.3. The molecule has 0 saturated carbocycles. The van der Waals surface area contributed by atoms with Crippen LogP contribution in [-0.4, -0.2) is 18.8 Å². The van der Waals surface area contributed by atoms with Crippen molar-refractivity contribution in [3.63, 3.8) is 0 Å². The van der Waals surface area contributed by atoms with Crippen molar-refractivity contribution in [2.75, 3.05) is 13.7 Å². The van der Waals surface area contributed by atoms with E-state index in [1.54, 1.807) is 13.2 Å². The predicted octanol–water partition coefficient (Wildman–Crippen LogP) is 7.75. The molecule has 0 fully saturated rings. The van der Waals surface area contributed by atoms with Crippen molar-refractivity contribution >= 4 is 0 Å². The molecule has 0 aromatic heterocycles. The third kappa shape index (κ3) is 14.4. The molecule has 1 rings (SSSR count). The van der Waals surface area contributed by atoms with E-state index in [1.807, 2.05) is 12.1 Å². The maximum Gasteiger partial charge on any atom is 0.160 e. The largest absolute Gasteiger partial charge is 0.504 e. The van der Waals surface area contributed by atoms with E-state index < -0.39 is 0 Å². The first-order valence-electron chi connectivity index (χ1n) is 12.3. The third-order valence-electron chi connectivity index (χ3n) is 5.78. The number of aromatic hydroxyl groups is 1. The second-order valence-electron chi connectivity index (χ2n) is 8.49. The van der Waals surface area contributed by atoms with Gasteiger partial charge in [0.2, 0.25) is 0 Å². The van der Waals surface area contributed by atoms with Crippen LogP contribution in [0.4, 0.5) is 0 Å². The monoisotopic (exact) mass is 405 g/mol. The van der Waals surface area contributed by atoms with Crippen LogP contribution in [0, 0.1) is 0 Å². The minimum atomic E-state index is 0.203. The summed E-state index contributed by atoms with van der Waals surface area (Å²) in [6.45, 7) is 4.17. The summed E-state index contributed by atoms with van der Waals surface area (Å²) in [5, 5.41) is 13.1. The van der Waals surface area contributed by atoms with E-state index in [4.69, 9.17) is 4.74 Å². The number of rotatable bonds is 20. The average molecular weight is 406 g/mol. The SMILES string of the molecule is CCCCCCCCCCCCCCCCCCNCc1ccc(O)c(OC)c1. The topological polar surface area (TPSA) is 41.5 Å². The van der Waals surface area contributed by atoms with Gasteiger partial charge in [0, 0.05) is 6.54 Å². The highest BCUT2D eigenvalue weighted by molar-refractivity contribution is 5.41. The minimum Gasteiger partial charge on any atom is -0.504 e. The Hall–Kier alpha value is -1.22. The van der Waals surface area contributed by atoms with E-state index in [-0.39, 0.29) is 5.75 Å². The molecule has 0 saturated heterocycles. The fraction of sp³-hybridized carbons (Fsp3) is 0.769. The van der Waals surface area contributed by atoms with Crippen LogP contribution in [-0.2, 0) is 6.54 Å². The highest BCUT2D eigenvalue weighted by atomic mass is 16.5. The predicted molar refractivity (Wildman–Crippen MR) is 126 cm³/mol. The van der Waals surface area contributed by atoms with Gasteiger partial charge in [-0.1, -0.05) is 109 Å². The lowest BCUT2D eigenvalue weighted by molar-refractivity contribution is 0.372. The molecule has 29 heavy (non-hydrogen) atoms. The van der Waals surface area contributed by atoms with Gasteiger partial charge in [-0.05, 0) is 30.7 Å². The number of hydrogen-bond acceptors (Lipinski definition) is 3. The van der Waals surface area contributed by atoms with Crippen LogP contribution in [0.1, 0.15) is 115 Å². The zero-order valence-electron chi connectivity index (χ0n) is 19.3. The maximum absolute atomic E-state index is 9.62. The number of unbranched alkanes of at least 4 members (excludes halogenated alkanes) is 15. The zero-order chi connectivity index (χ0) is 21.0. The first kappa shape index (κ1) is 25.8. The quantitative estimate of drug-likeness (QED) is 0.218. The maximum atomic E-state index is 9.62.